The Morgan fingerprint density at radius 3 is 2.53 bits per heavy atom. The van der Waals surface area contributed by atoms with Crippen LogP contribution in [0.3, 0.4) is 0 Å². The van der Waals surface area contributed by atoms with Crippen LogP contribution in [0.15, 0.2) is 46.0 Å². The van der Waals surface area contributed by atoms with Gasteiger partial charge < -0.3 is 29.4 Å². The van der Waals surface area contributed by atoms with Crippen molar-refractivity contribution in [3.8, 4) is 11.5 Å². The van der Waals surface area contributed by atoms with E-state index in [1.165, 1.54) is 0 Å². The summed E-state index contributed by atoms with van der Waals surface area (Å²) >= 11 is 0. The lowest BCUT2D eigenvalue weighted by atomic mass is 10.2. The van der Waals surface area contributed by atoms with Crippen molar-refractivity contribution in [2.75, 3.05) is 59.4 Å². The SMILES string of the molecule is CCNC(=NCC(c1ccco1)N(C)C)NC1CCN(c2cc(OC)cc(OC)c2)C1.I. The molecule has 3 rings (SSSR count). The molecule has 2 unspecified atom stereocenters. The van der Waals surface area contributed by atoms with E-state index in [0.29, 0.717) is 12.6 Å². The van der Waals surface area contributed by atoms with E-state index >= 15 is 0 Å². The molecule has 1 aliphatic rings. The van der Waals surface area contributed by atoms with Crippen LogP contribution < -0.4 is 25.0 Å². The predicted molar refractivity (Wildman–Crippen MR) is 140 cm³/mol. The number of anilines is 1. The van der Waals surface area contributed by atoms with Crippen molar-refractivity contribution in [2.24, 2.45) is 4.99 Å². The van der Waals surface area contributed by atoms with Gasteiger partial charge in [0.15, 0.2) is 5.96 Å². The normalized spacial score (nSPS) is 17.1. The van der Waals surface area contributed by atoms with Gasteiger partial charge in [-0.3, -0.25) is 9.89 Å². The number of ether oxygens (including phenoxy) is 2. The van der Waals surface area contributed by atoms with E-state index in [1.54, 1.807) is 20.5 Å². The Morgan fingerprint density at radius 2 is 1.97 bits per heavy atom. The first-order valence-corrected chi connectivity index (χ1v) is 10.8. The second-order valence-electron chi connectivity index (χ2n) is 7.86. The molecule has 0 aliphatic carbocycles. The largest absolute Gasteiger partial charge is 0.497 e. The number of rotatable bonds is 9. The Bertz CT molecular complexity index is 822. The molecule has 0 amide bonds. The molecular formula is C23H36IN5O3. The number of aliphatic imine (C=N–C) groups is 1. The number of furan rings is 1. The maximum absolute atomic E-state index is 5.60. The molecule has 8 nitrogen and oxygen atoms in total. The van der Waals surface area contributed by atoms with Gasteiger partial charge in [0.2, 0.25) is 0 Å². The fourth-order valence-electron chi connectivity index (χ4n) is 3.77. The molecule has 9 heteroatoms. The first-order chi connectivity index (χ1) is 15.0. The summed E-state index contributed by atoms with van der Waals surface area (Å²) in [6.07, 6.45) is 2.74. The third-order valence-electron chi connectivity index (χ3n) is 5.49. The molecule has 2 N–H and O–H groups in total. The zero-order valence-electron chi connectivity index (χ0n) is 19.6. The number of methoxy groups -OCH3 is 2. The number of guanidine groups is 1. The summed E-state index contributed by atoms with van der Waals surface area (Å²) in [7, 11) is 7.44. The van der Waals surface area contributed by atoms with E-state index in [4.69, 9.17) is 18.9 Å². The van der Waals surface area contributed by atoms with Gasteiger partial charge in [0.25, 0.3) is 0 Å². The molecule has 2 atom stereocenters. The van der Waals surface area contributed by atoms with Crippen LogP contribution in [0.1, 0.15) is 25.1 Å². The van der Waals surface area contributed by atoms with E-state index in [-0.39, 0.29) is 30.0 Å². The predicted octanol–water partition coefficient (Wildman–Crippen LogP) is 3.35. The van der Waals surface area contributed by atoms with Gasteiger partial charge in [-0.25, -0.2) is 0 Å². The molecule has 1 saturated heterocycles. The lowest BCUT2D eigenvalue weighted by molar-refractivity contribution is 0.265. The second kappa shape index (κ2) is 12.8. The molecule has 1 fully saturated rings. The van der Waals surface area contributed by atoms with Crippen LogP contribution in [-0.4, -0.2) is 71.4 Å². The Labute approximate surface area is 208 Å². The Balaban J connectivity index is 0.00000363. The number of nitrogens with one attached hydrogen (secondary N) is 2. The number of benzene rings is 1. The molecule has 32 heavy (non-hydrogen) atoms. The van der Waals surface area contributed by atoms with Crippen molar-refractivity contribution in [3.05, 3.63) is 42.4 Å². The Hall–Kier alpha value is -2.14. The molecule has 2 heterocycles. The number of halogens is 1. The van der Waals surface area contributed by atoms with E-state index < -0.39 is 0 Å². The smallest absolute Gasteiger partial charge is 0.191 e. The third kappa shape index (κ3) is 6.93. The van der Waals surface area contributed by atoms with E-state index in [2.05, 4.69) is 39.5 Å². The minimum atomic E-state index is 0. The minimum Gasteiger partial charge on any atom is -0.497 e. The van der Waals surface area contributed by atoms with Gasteiger partial charge in [-0.15, -0.1) is 24.0 Å². The highest BCUT2D eigenvalue weighted by molar-refractivity contribution is 14.0. The molecule has 1 aliphatic heterocycles. The monoisotopic (exact) mass is 557 g/mol. The van der Waals surface area contributed by atoms with Crippen molar-refractivity contribution < 1.29 is 13.9 Å². The zero-order chi connectivity index (χ0) is 22.2. The van der Waals surface area contributed by atoms with Crippen LogP contribution >= 0.6 is 24.0 Å². The van der Waals surface area contributed by atoms with Crippen molar-refractivity contribution in [2.45, 2.75) is 25.4 Å². The molecule has 1 aromatic carbocycles. The molecule has 1 aromatic heterocycles. The quantitative estimate of drug-likeness (QED) is 0.278. The number of nitrogens with zero attached hydrogens (tertiary/aromatic N) is 3. The number of hydrogen-bond donors (Lipinski definition) is 2. The molecule has 0 radical (unpaired) electrons. The molecular weight excluding hydrogens is 521 g/mol. The first-order valence-electron chi connectivity index (χ1n) is 10.8. The maximum atomic E-state index is 5.60. The molecule has 2 aromatic rings. The fourth-order valence-corrected chi connectivity index (χ4v) is 3.77. The highest BCUT2D eigenvalue weighted by atomic mass is 127. The van der Waals surface area contributed by atoms with Crippen molar-refractivity contribution in [1.82, 2.24) is 15.5 Å². The molecule has 0 spiro atoms. The molecule has 0 saturated carbocycles. The lowest BCUT2D eigenvalue weighted by Gasteiger charge is -2.23. The van der Waals surface area contributed by atoms with E-state index in [0.717, 1.165) is 55.0 Å². The Kier molecular flexibility index (Phi) is 10.4. The standard InChI is InChI=1S/C23H35N5O3.HI/c1-6-24-23(25-15-21(27(2)3)22-8-7-11-31-22)26-17-9-10-28(16-17)18-12-19(29-4)14-20(13-18)30-5;/h7-8,11-14,17,21H,6,9-10,15-16H2,1-5H3,(H2,24,25,26);1H. The highest BCUT2D eigenvalue weighted by Crippen LogP contribution is 2.30. The fraction of sp³-hybridized carbons (Fsp3) is 0.522. The van der Waals surface area contributed by atoms with Crippen molar-refractivity contribution in [3.63, 3.8) is 0 Å². The zero-order valence-corrected chi connectivity index (χ0v) is 22.0. The number of likely N-dealkylation sites (N-methyl/N-ethyl adjacent to an activating group) is 1. The number of hydrogen-bond acceptors (Lipinski definition) is 6. The second-order valence-corrected chi connectivity index (χ2v) is 7.86. The van der Waals surface area contributed by atoms with Crippen molar-refractivity contribution >= 4 is 35.6 Å². The average molecular weight is 557 g/mol. The van der Waals surface area contributed by atoms with Crippen LogP contribution in [0.25, 0.3) is 0 Å². The molecule has 178 valence electrons. The van der Waals surface area contributed by atoms with Crippen LogP contribution in [-0.2, 0) is 0 Å². The summed E-state index contributed by atoms with van der Waals surface area (Å²) in [6, 6.07) is 10.3. The summed E-state index contributed by atoms with van der Waals surface area (Å²) < 4.78 is 16.4. The summed E-state index contributed by atoms with van der Waals surface area (Å²) in [5.41, 5.74) is 1.10. The van der Waals surface area contributed by atoms with Gasteiger partial charge in [0.05, 0.1) is 33.1 Å². The van der Waals surface area contributed by atoms with Crippen LogP contribution in [0.2, 0.25) is 0 Å². The van der Waals surface area contributed by atoms with Gasteiger partial charge in [-0.2, -0.15) is 0 Å². The first kappa shape index (κ1) is 26.1. The summed E-state index contributed by atoms with van der Waals surface area (Å²) in [6.45, 7) is 5.34. The van der Waals surface area contributed by atoms with E-state index in [1.807, 2.05) is 32.3 Å². The third-order valence-corrected chi connectivity index (χ3v) is 5.49. The van der Waals surface area contributed by atoms with Crippen LogP contribution in [0.5, 0.6) is 11.5 Å². The average Bonchev–Trinajstić information content (AvgIpc) is 3.46. The minimum absolute atomic E-state index is 0. The Morgan fingerprint density at radius 1 is 1.25 bits per heavy atom. The van der Waals surface area contributed by atoms with Gasteiger partial charge in [0, 0.05) is 49.6 Å². The van der Waals surface area contributed by atoms with Gasteiger partial charge in [0.1, 0.15) is 17.3 Å². The maximum Gasteiger partial charge on any atom is 0.191 e. The highest BCUT2D eigenvalue weighted by Gasteiger charge is 2.25. The van der Waals surface area contributed by atoms with Crippen LogP contribution in [0.4, 0.5) is 5.69 Å². The summed E-state index contributed by atoms with van der Waals surface area (Å²) in [5, 5.41) is 6.97. The van der Waals surface area contributed by atoms with Crippen molar-refractivity contribution in [1.29, 1.82) is 0 Å². The van der Waals surface area contributed by atoms with Gasteiger partial charge >= 0.3 is 0 Å². The van der Waals surface area contributed by atoms with Gasteiger partial charge in [-0.1, -0.05) is 0 Å². The summed E-state index contributed by atoms with van der Waals surface area (Å²) in [5.74, 6) is 3.35. The lowest BCUT2D eigenvalue weighted by Crippen LogP contribution is -2.45. The van der Waals surface area contributed by atoms with Gasteiger partial charge in [-0.05, 0) is 39.6 Å². The summed E-state index contributed by atoms with van der Waals surface area (Å²) in [4.78, 5) is 9.31. The topological polar surface area (TPSA) is 74.5 Å². The van der Waals surface area contributed by atoms with Crippen LogP contribution in [0, 0.1) is 0 Å². The molecule has 0 bridgehead atoms. The van der Waals surface area contributed by atoms with E-state index in [9.17, 15) is 0 Å².